The summed E-state index contributed by atoms with van der Waals surface area (Å²) in [4.78, 5) is 19.4. The number of fused-ring (bicyclic) bond motifs is 1. The van der Waals surface area contributed by atoms with Crippen LogP contribution < -0.4 is 0 Å². The average Bonchev–Trinajstić information content (AvgIpc) is 3.30. The quantitative estimate of drug-likeness (QED) is 0.765. The third-order valence-corrected chi connectivity index (χ3v) is 4.52. The van der Waals surface area contributed by atoms with E-state index in [1.807, 2.05) is 15.7 Å². The maximum Gasteiger partial charge on any atom is 0.213 e. The highest BCUT2D eigenvalue weighted by molar-refractivity contribution is 6.07. The van der Waals surface area contributed by atoms with E-state index in [2.05, 4.69) is 32.9 Å². The van der Waals surface area contributed by atoms with E-state index in [9.17, 15) is 9.65 Å². The first-order chi connectivity index (χ1) is 13.2. The minimum atomic E-state index is -0.540. The van der Waals surface area contributed by atoms with Crippen LogP contribution in [0.1, 0.15) is 19.8 Å². The van der Waals surface area contributed by atoms with Gasteiger partial charge < -0.3 is 9.47 Å². The van der Waals surface area contributed by atoms with Gasteiger partial charge in [-0.25, -0.2) is 20.0 Å². The molecule has 0 aromatic carbocycles. The second kappa shape index (κ2) is 7.11. The smallest absolute Gasteiger partial charge is 0.213 e. The van der Waals surface area contributed by atoms with Crippen molar-refractivity contribution < 1.29 is 4.39 Å². The van der Waals surface area contributed by atoms with Crippen LogP contribution >= 0.6 is 0 Å². The first-order valence-electron chi connectivity index (χ1n) is 8.84. The third kappa shape index (κ3) is 3.24. The first kappa shape index (κ1) is 17.1. The van der Waals surface area contributed by atoms with Crippen molar-refractivity contribution in [1.82, 2.24) is 19.4 Å². The van der Waals surface area contributed by atoms with Gasteiger partial charge in [-0.15, -0.1) is 0 Å². The third-order valence-electron chi connectivity index (χ3n) is 4.52. The van der Waals surface area contributed by atoms with Gasteiger partial charge in [-0.1, -0.05) is 19.4 Å². The lowest BCUT2D eigenvalue weighted by Crippen LogP contribution is -2.32. The SMILES string of the molecule is CCCC1=C(Cn2ccnc2-c2cccc(F)n2)N=CN2CC(C#N)N=C12. The van der Waals surface area contributed by atoms with E-state index in [4.69, 9.17) is 0 Å². The van der Waals surface area contributed by atoms with Crippen LogP contribution in [0.2, 0.25) is 0 Å². The lowest BCUT2D eigenvalue weighted by atomic mass is 10.1. The fourth-order valence-electron chi connectivity index (χ4n) is 3.31. The zero-order valence-corrected chi connectivity index (χ0v) is 14.9. The van der Waals surface area contributed by atoms with E-state index >= 15 is 0 Å². The Morgan fingerprint density at radius 1 is 1.37 bits per heavy atom. The number of hydrogen-bond acceptors (Lipinski definition) is 6. The molecule has 2 aromatic heterocycles. The van der Waals surface area contributed by atoms with Crippen LogP contribution in [0, 0.1) is 17.3 Å². The predicted molar refractivity (Wildman–Crippen MR) is 99.4 cm³/mol. The number of aliphatic imine (C=N–C) groups is 2. The van der Waals surface area contributed by atoms with Crippen LogP contribution in [0.15, 0.2) is 51.8 Å². The molecule has 7 nitrogen and oxygen atoms in total. The second-order valence-corrected chi connectivity index (χ2v) is 6.39. The summed E-state index contributed by atoms with van der Waals surface area (Å²) in [6.45, 7) is 3.12. The van der Waals surface area contributed by atoms with Gasteiger partial charge in [-0.2, -0.15) is 9.65 Å². The zero-order valence-electron chi connectivity index (χ0n) is 14.9. The van der Waals surface area contributed by atoms with Gasteiger partial charge in [0, 0.05) is 18.0 Å². The highest BCUT2D eigenvalue weighted by atomic mass is 19.1. The summed E-state index contributed by atoms with van der Waals surface area (Å²) in [6, 6.07) is 6.50. The monoisotopic (exact) mass is 363 g/mol. The van der Waals surface area contributed by atoms with Crippen LogP contribution in [0.4, 0.5) is 4.39 Å². The molecule has 0 aliphatic carbocycles. The molecule has 0 saturated heterocycles. The standard InChI is InChI=1S/C19H18FN7/c1-2-4-14-16(23-12-27-10-13(9-21)24-18(14)27)11-26-8-7-22-19(26)15-5-3-6-17(20)25-15/h3,5-8,12-13H,2,4,10-11H2,1H3. The maximum absolute atomic E-state index is 13.5. The summed E-state index contributed by atoms with van der Waals surface area (Å²) in [5.41, 5.74) is 2.40. The summed E-state index contributed by atoms with van der Waals surface area (Å²) in [6.07, 6.45) is 7.00. The molecule has 4 rings (SSSR count). The number of pyridine rings is 1. The van der Waals surface area contributed by atoms with Crippen LogP contribution in [-0.2, 0) is 6.54 Å². The lowest BCUT2D eigenvalue weighted by Gasteiger charge is -2.24. The number of nitrogens with zero attached hydrogens (tertiary/aromatic N) is 7. The summed E-state index contributed by atoms with van der Waals surface area (Å²) >= 11 is 0. The molecule has 0 amide bonds. The Bertz CT molecular complexity index is 995. The van der Waals surface area contributed by atoms with Gasteiger partial charge in [-0.3, -0.25) is 0 Å². The number of amidine groups is 1. The largest absolute Gasteiger partial charge is 0.324 e. The number of rotatable bonds is 5. The Morgan fingerprint density at radius 3 is 3.04 bits per heavy atom. The Labute approximate surface area is 156 Å². The van der Waals surface area contributed by atoms with E-state index in [1.54, 1.807) is 24.7 Å². The van der Waals surface area contributed by atoms with Crippen molar-refractivity contribution in [3.05, 3.63) is 47.8 Å². The molecule has 0 N–H and O–H groups in total. The van der Waals surface area contributed by atoms with Crippen molar-refractivity contribution in [3.63, 3.8) is 0 Å². The van der Waals surface area contributed by atoms with Crippen LogP contribution in [0.5, 0.6) is 0 Å². The van der Waals surface area contributed by atoms with Crippen molar-refractivity contribution in [3.8, 4) is 17.6 Å². The van der Waals surface area contributed by atoms with Crippen molar-refractivity contribution >= 4 is 12.2 Å². The number of hydrogen-bond donors (Lipinski definition) is 0. The Kier molecular flexibility index (Phi) is 4.50. The molecule has 2 aliphatic heterocycles. The van der Waals surface area contributed by atoms with E-state index in [-0.39, 0.29) is 6.04 Å². The molecule has 4 heterocycles. The average molecular weight is 363 g/mol. The molecule has 0 saturated carbocycles. The normalized spacial score (nSPS) is 18.5. The van der Waals surface area contributed by atoms with Gasteiger partial charge in [-0.05, 0) is 18.6 Å². The Balaban J connectivity index is 1.70. The van der Waals surface area contributed by atoms with Crippen molar-refractivity contribution in [2.75, 3.05) is 6.54 Å². The molecule has 8 heteroatoms. The first-order valence-corrected chi connectivity index (χ1v) is 8.84. The van der Waals surface area contributed by atoms with E-state index in [0.717, 1.165) is 29.9 Å². The number of imidazole rings is 1. The predicted octanol–water partition coefficient (Wildman–Crippen LogP) is 2.79. The fourth-order valence-corrected chi connectivity index (χ4v) is 3.31. The topological polar surface area (TPSA) is 82.5 Å². The molecular formula is C19H18FN7. The lowest BCUT2D eigenvalue weighted by molar-refractivity contribution is 0.584. The van der Waals surface area contributed by atoms with Gasteiger partial charge in [0.25, 0.3) is 0 Å². The number of halogens is 1. The van der Waals surface area contributed by atoms with Crippen LogP contribution in [0.25, 0.3) is 11.5 Å². The minimum absolute atomic E-state index is 0.363. The van der Waals surface area contributed by atoms with Gasteiger partial charge in [0.1, 0.15) is 11.5 Å². The Morgan fingerprint density at radius 2 is 2.26 bits per heavy atom. The van der Waals surface area contributed by atoms with Crippen LogP contribution in [0.3, 0.4) is 0 Å². The molecule has 27 heavy (non-hydrogen) atoms. The summed E-state index contributed by atoms with van der Waals surface area (Å²) in [5.74, 6) is 0.875. The zero-order chi connectivity index (χ0) is 18.8. The molecular weight excluding hydrogens is 345 g/mol. The second-order valence-electron chi connectivity index (χ2n) is 6.39. The van der Waals surface area contributed by atoms with Crippen molar-refractivity contribution in [2.24, 2.45) is 9.98 Å². The Hall–Kier alpha value is -3.34. The van der Waals surface area contributed by atoms with Crippen molar-refractivity contribution in [1.29, 1.82) is 5.26 Å². The minimum Gasteiger partial charge on any atom is -0.324 e. The van der Waals surface area contributed by atoms with Gasteiger partial charge in [0.05, 0.1) is 31.2 Å². The number of allylic oxidation sites excluding steroid dienone is 1. The molecule has 136 valence electrons. The van der Waals surface area contributed by atoms with E-state index < -0.39 is 5.95 Å². The summed E-state index contributed by atoms with van der Waals surface area (Å²) in [5, 5.41) is 9.19. The maximum atomic E-state index is 13.5. The molecule has 1 unspecified atom stereocenters. The molecule has 0 radical (unpaired) electrons. The van der Waals surface area contributed by atoms with E-state index in [0.29, 0.717) is 24.6 Å². The molecule has 2 aliphatic rings. The highest BCUT2D eigenvalue weighted by Crippen LogP contribution is 2.27. The molecule has 0 fully saturated rings. The summed E-state index contributed by atoms with van der Waals surface area (Å²) < 4.78 is 15.4. The molecule has 1 atom stereocenters. The van der Waals surface area contributed by atoms with Gasteiger partial charge >= 0.3 is 0 Å². The van der Waals surface area contributed by atoms with Crippen LogP contribution in [-0.4, -0.2) is 44.2 Å². The highest BCUT2D eigenvalue weighted by Gasteiger charge is 2.30. The van der Waals surface area contributed by atoms with Gasteiger partial charge in [0.2, 0.25) is 5.95 Å². The molecule has 2 aromatic rings. The van der Waals surface area contributed by atoms with E-state index in [1.165, 1.54) is 6.07 Å². The molecule has 0 bridgehead atoms. The number of aromatic nitrogens is 3. The van der Waals surface area contributed by atoms with Crippen molar-refractivity contribution in [2.45, 2.75) is 32.4 Å². The molecule has 0 spiro atoms. The van der Waals surface area contributed by atoms with Gasteiger partial charge in [0.15, 0.2) is 11.9 Å². The number of nitriles is 1. The fraction of sp³-hybridized carbons (Fsp3) is 0.316. The summed E-state index contributed by atoms with van der Waals surface area (Å²) in [7, 11) is 0.